The van der Waals surface area contributed by atoms with Gasteiger partial charge in [-0.2, -0.15) is 5.10 Å². The molecule has 2 aromatic carbocycles. The summed E-state index contributed by atoms with van der Waals surface area (Å²) in [5.74, 6) is 1.72. The fourth-order valence-electron chi connectivity index (χ4n) is 2.65. The molecule has 0 atom stereocenters. The van der Waals surface area contributed by atoms with Gasteiger partial charge in [0.05, 0.1) is 18.1 Å². The van der Waals surface area contributed by atoms with E-state index in [9.17, 15) is 4.79 Å². The van der Waals surface area contributed by atoms with Crippen LogP contribution in [0.2, 0.25) is 5.02 Å². The molecule has 0 bridgehead atoms. The summed E-state index contributed by atoms with van der Waals surface area (Å²) in [7, 11) is 0. The molecule has 0 radical (unpaired) electrons. The zero-order chi connectivity index (χ0) is 21.6. The van der Waals surface area contributed by atoms with E-state index in [-0.39, 0.29) is 25.0 Å². The summed E-state index contributed by atoms with van der Waals surface area (Å²) >= 11 is 8.17. The van der Waals surface area contributed by atoms with E-state index in [1.807, 2.05) is 24.3 Å². The lowest BCUT2D eigenvalue weighted by molar-refractivity contribution is 0.0992. The Bertz CT molecular complexity index is 1170. The number of hydrogen-bond acceptors (Lipinski definition) is 5. The maximum atomic E-state index is 12.4. The number of halogens is 2. The molecule has 1 N–H and O–H groups in total. The van der Waals surface area contributed by atoms with Gasteiger partial charge in [-0.1, -0.05) is 17.7 Å². The number of nitrogens with one attached hydrogen (secondary N) is 1. The first-order chi connectivity index (χ1) is 15.0. The second-order valence-electron chi connectivity index (χ2n) is 6.46. The van der Waals surface area contributed by atoms with E-state index in [1.165, 1.54) is 6.20 Å². The molecule has 9 heteroatoms. The monoisotopic (exact) mass is 549 g/mol. The second kappa shape index (κ2) is 9.88. The number of ether oxygens (including phenoxy) is 2. The quantitative estimate of drug-likeness (QED) is 0.290. The largest absolute Gasteiger partial charge is 0.486 e. The molecule has 0 spiro atoms. The minimum absolute atomic E-state index is 0.178. The third-order valence-corrected chi connectivity index (χ3v) is 5.09. The number of carbonyl (C=O) groups is 1. The predicted molar refractivity (Wildman–Crippen MR) is 124 cm³/mol. The summed E-state index contributed by atoms with van der Waals surface area (Å²) in [5, 5.41) is 7.50. The zero-order valence-electron chi connectivity index (χ0n) is 16.1. The molecule has 0 unspecified atom stereocenters. The lowest BCUT2D eigenvalue weighted by atomic mass is 10.3. The fourth-order valence-corrected chi connectivity index (χ4v) is 3.19. The van der Waals surface area contributed by atoms with Crippen molar-refractivity contribution < 1.29 is 18.7 Å². The highest BCUT2D eigenvalue weighted by Crippen LogP contribution is 2.19. The standard InChI is InChI=1S/C22H17ClIN3O4/c23-15-2-1-3-19(10-15)30-14-27-12-17(11-25-27)26-22(28)21-9-8-20(31-21)13-29-18-6-4-16(24)5-7-18/h1-12H,13-14H2,(H,26,28). The van der Waals surface area contributed by atoms with Crippen LogP contribution in [0.5, 0.6) is 11.5 Å². The smallest absolute Gasteiger partial charge is 0.291 e. The number of amides is 1. The van der Waals surface area contributed by atoms with Crippen molar-refractivity contribution in [3.63, 3.8) is 0 Å². The Morgan fingerprint density at radius 1 is 1.10 bits per heavy atom. The van der Waals surface area contributed by atoms with E-state index >= 15 is 0 Å². The van der Waals surface area contributed by atoms with Crippen LogP contribution >= 0.6 is 34.2 Å². The number of furan rings is 1. The Hall–Kier alpha value is -2.98. The lowest BCUT2D eigenvalue weighted by Gasteiger charge is -2.06. The predicted octanol–water partition coefficient (Wildman–Crippen LogP) is 5.60. The van der Waals surface area contributed by atoms with Crippen molar-refractivity contribution in [1.82, 2.24) is 9.78 Å². The van der Waals surface area contributed by atoms with E-state index in [0.717, 1.165) is 9.32 Å². The summed E-state index contributed by atoms with van der Waals surface area (Å²) in [6, 6.07) is 18.1. The van der Waals surface area contributed by atoms with Gasteiger partial charge in [-0.25, -0.2) is 4.68 Å². The maximum absolute atomic E-state index is 12.4. The molecule has 2 aromatic heterocycles. The Morgan fingerprint density at radius 3 is 2.74 bits per heavy atom. The molecule has 4 aromatic rings. The first-order valence-electron chi connectivity index (χ1n) is 9.24. The van der Waals surface area contributed by atoms with Gasteiger partial charge in [-0.05, 0) is 77.2 Å². The summed E-state index contributed by atoms with van der Waals surface area (Å²) < 4.78 is 19.6. The molecule has 0 saturated carbocycles. The highest BCUT2D eigenvalue weighted by molar-refractivity contribution is 14.1. The van der Waals surface area contributed by atoms with Crippen molar-refractivity contribution in [3.05, 3.63) is 93.2 Å². The molecular weight excluding hydrogens is 533 g/mol. The van der Waals surface area contributed by atoms with E-state index < -0.39 is 0 Å². The van der Waals surface area contributed by atoms with Crippen molar-refractivity contribution in [3.8, 4) is 11.5 Å². The van der Waals surface area contributed by atoms with Crippen LogP contribution in [0, 0.1) is 3.57 Å². The SMILES string of the molecule is O=C(Nc1cnn(COc2cccc(Cl)c2)c1)c1ccc(COc2ccc(I)cc2)o1. The van der Waals surface area contributed by atoms with Gasteiger partial charge < -0.3 is 19.2 Å². The van der Waals surface area contributed by atoms with Gasteiger partial charge in [0.25, 0.3) is 5.91 Å². The molecule has 158 valence electrons. The van der Waals surface area contributed by atoms with Gasteiger partial charge in [0.2, 0.25) is 0 Å². The minimum atomic E-state index is -0.379. The number of anilines is 1. The number of carbonyl (C=O) groups excluding carboxylic acids is 1. The summed E-state index contributed by atoms with van der Waals surface area (Å²) in [5.41, 5.74) is 0.521. The normalized spacial score (nSPS) is 10.6. The van der Waals surface area contributed by atoms with E-state index in [2.05, 4.69) is 33.0 Å². The zero-order valence-corrected chi connectivity index (χ0v) is 19.0. The molecule has 0 aliphatic carbocycles. The Labute approximate surface area is 197 Å². The van der Waals surface area contributed by atoms with Crippen LogP contribution in [0.3, 0.4) is 0 Å². The highest BCUT2D eigenvalue weighted by Gasteiger charge is 2.13. The van der Waals surface area contributed by atoms with E-state index in [1.54, 1.807) is 47.3 Å². The van der Waals surface area contributed by atoms with Crippen LogP contribution in [0.25, 0.3) is 0 Å². The summed E-state index contributed by atoms with van der Waals surface area (Å²) in [6.45, 7) is 0.406. The number of nitrogens with zero attached hydrogens (tertiary/aromatic N) is 2. The van der Waals surface area contributed by atoms with Crippen molar-refractivity contribution in [1.29, 1.82) is 0 Å². The van der Waals surface area contributed by atoms with Gasteiger partial charge >= 0.3 is 0 Å². The third-order valence-electron chi connectivity index (χ3n) is 4.13. The molecule has 7 nitrogen and oxygen atoms in total. The number of benzene rings is 2. The van der Waals surface area contributed by atoms with Crippen molar-refractivity contribution in [2.75, 3.05) is 5.32 Å². The van der Waals surface area contributed by atoms with E-state index in [4.69, 9.17) is 25.5 Å². The molecule has 1 amide bonds. The first kappa shape index (κ1) is 21.3. The van der Waals surface area contributed by atoms with Crippen molar-refractivity contribution in [2.45, 2.75) is 13.3 Å². The fraction of sp³-hybridized carbons (Fsp3) is 0.0909. The van der Waals surface area contributed by atoms with Crippen molar-refractivity contribution >= 4 is 45.8 Å². The van der Waals surface area contributed by atoms with Gasteiger partial charge in [0.15, 0.2) is 12.5 Å². The first-order valence-corrected chi connectivity index (χ1v) is 10.7. The third kappa shape index (κ3) is 6.02. The number of aromatic nitrogens is 2. The molecule has 4 rings (SSSR count). The maximum Gasteiger partial charge on any atom is 0.291 e. The minimum Gasteiger partial charge on any atom is -0.486 e. The Kier molecular flexibility index (Phi) is 6.78. The lowest BCUT2D eigenvalue weighted by Crippen LogP contribution is -2.10. The molecule has 2 heterocycles. The van der Waals surface area contributed by atoms with E-state index in [0.29, 0.717) is 22.2 Å². The van der Waals surface area contributed by atoms with Crippen LogP contribution in [-0.4, -0.2) is 15.7 Å². The summed E-state index contributed by atoms with van der Waals surface area (Å²) in [4.78, 5) is 12.4. The van der Waals surface area contributed by atoms with Gasteiger partial charge in [0, 0.05) is 8.59 Å². The molecule has 0 aliphatic heterocycles. The average Bonchev–Trinajstić information content (AvgIpc) is 3.41. The molecule has 0 saturated heterocycles. The average molecular weight is 550 g/mol. The van der Waals surface area contributed by atoms with Crippen molar-refractivity contribution in [2.24, 2.45) is 0 Å². The summed E-state index contributed by atoms with van der Waals surface area (Å²) in [6.07, 6.45) is 3.19. The molecule has 0 aliphatic rings. The van der Waals surface area contributed by atoms with Crippen LogP contribution in [-0.2, 0) is 13.3 Å². The van der Waals surface area contributed by atoms with Crippen LogP contribution < -0.4 is 14.8 Å². The van der Waals surface area contributed by atoms with Crippen LogP contribution in [0.4, 0.5) is 5.69 Å². The number of rotatable bonds is 8. The Balaban J connectivity index is 1.29. The van der Waals surface area contributed by atoms with Gasteiger partial charge in [0.1, 0.15) is 23.9 Å². The number of hydrogen-bond donors (Lipinski definition) is 1. The van der Waals surface area contributed by atoms with Crippen LogP contribution in [0.15, 0.2) is 77.5 Å². The van der Waals surface area contributed by atoms with Crippen LogP contribution in [0.1, 0.15) is 16.3 Å². The highest BCUT2D eigenvalue weighted by atomic mass is 127. The Morgan fingerprint density at radius 2 is 1.94 bits per heavy atom. The molecule has 31 heavy (non-hydrogen) atoms. The topological polar surface area (TPSA) is 78.5 Å². The van der Waals surface area contributed by atoms with Gasteiger partial charge in [-0.15, -0.1) is 0 Å². The second-order valence-corrected chi connectivity index (χ2v) is 8.14. The van der Waals surface area contributed by atoms with Gasteiger partial charge in [-0.3, -0.25) is 4.79 Å². The molecular formula is C22H17ClIN3O4. The molecule has 0 fully saturated rings.